The van der Waals surface area contributed by atoms with E-state index in [1.165, 1.54) is 5.56 Å². The van der Waals surface area contributed by atoms with Crippen LogP contribution < -0.4 is 5.32 Å². The molecule has 2 aliphatic heterocycles. The fourth-order valence-electron chi connectivity index (χ4n) is 3.27. The van der Waals surface area contributed by atoms with Gasteiger partial charge in [-0.25, -0.2) is 8.42 Å². The van der Waals surface area contributed by atoms with Crippen molar-refractivity contribution in [2.24, 2.45) is 11.8 Å². The van der Waals surface area contributed by atoms with Crippen LogP contribution in [0.1, 0.15) is 18.9 Å². The number of aryl methyl sites for hydroxylation is 1. The molecule has 0 spiro atoms. The lowest BCUT2D eigenvalue weighted by atomic mass is 9.90. The highest BCUT2D eigenvalue weighted by molar-refractivity contribution is 7.89. The smallest absolute Gasteiger partial charge is 0.243 e. The molecule has 2 atom stereocenters. The van der Waals surface area contributed by atoms with Crippen molar-refractivity contribution in [3.63, 3.8) is 0 Å². The molecule has 2 fully saturated rings. The summed E-state index contributed by atoms with van der Waals surface area (Å²) in [4.78, 5) is 0.430. The standard InChI is InChI=1S/C15H22N2O2S/c1-2-12-3-5-15(6-4-12)20(18,19)17-8-7-13-9-16-10-14(13)11-17/h3-6,13-14,16H,2,7-11H2,1H3. The molecule has 0 aliphatic carbocycles. The topological polar surface area (TPSA) is 49.4 Å². The van der Waals surface area contributed by atoms with Crippen LogP contribution in [-0.2, 0) is 16.4 Å². The Morgan fingerprint density at radius 1 is 1.20 bits per heavy atom. The van der Waals surface area contributed by atoms with Gasteiger partial charge in [0.1, 0.15) is 0 Å². The second-order valence-electron chi connectivity index (χ2n) is 5.83. The number of fused-ring (bicyclic) bond motifs is 1. The number of hydrogen-bond donors (Lipinski definition) is 1. The van der Waals surface area contributed by atoms with Crippen LogP contribution >= 0.6 is 0 Å². The fourth-order valence-corrected chi connectivity index (χ4v) is 4.78. The number of hydrogen-bond acceptors (Lipinski definition) is 3. The van der Waals surface area contributed by atoms with E-state index >= 15 is 0 Å². The normalized spacial score (nSPS) is 27.4. The fraction of sp³-hybridized carbons (Fsp3) is 0.600. The first-order valence-electron chi connectivity index (χ1n) is 7.41. The van der Waals surface area contributed by atoms with Crippen molar-refractivity contribution in [3.05, 3.63) is 29.8 Å². The van der Waals surface area contributed by atoms with Crippen LogP contribution in [0.3, 0.4) is 0 Å². The summed E-state index contributed by atoms with van der Waals surface area (Å²) < 4.78 is 27.0. The summed E-state index contributed by atoms with van der Waals surface area (Å²) in [5, 5.41) is 3.37. The van der Waals surface area contributed by atoms with Gasteiger partial charge in [0, 0.05) is 13.1 Å². The largest absolute Gasteiger partial charge is 0.316 e. The van der Waals surface area contributed by atoms with Gasteiger partial charge in [0.25, 0.3) is 0 Å². The Labute approximate surface area is 121 Å². The highest BCUT2D eigenvalue weighted by atomic mass is 32.2. The molecule has 1 aromatic carbocycles. The molecule has 4 nitrogen and oxygen atoms in total. The van der Waals surface area contributed by atoms with Crippen molar-refractivity contribution >= 4 is 10.0 Å². The van der Waals surface area contributed by atoms with Gasteiger partial charge >= 0.3 is 0 Å². The van der Waals surface area contributed by atoms with Crippen LogP contribution in [-0.4, -0.2) is 38.9 Å². The molecule has 110 valence electrons. The zero-order chi connectivity index (χ0) is 14.2. The van der Waals surface area contributed by atoms with Crippen LogP contribution in [0, 0.1) is 11.8 Å². The maximum absolute atomic E-state index is 12.7. The van der Waals surface area contributed by atoms with Gasteiger partial charge in [-0.2, -0.15) is 4.31 Å². The van der Waals surface area contributed by atoms with E-state index in [2.05, 4.69) is 12.2 Å². The Hall–Kier alpha value is -0.910. The minimum atomic E-state index is -3.32. The molecule has 2 unspecified atom stereocenters. The number of rotatable bonds is 3. The van der Waals surface area contributed by atoms with Crippen LogP contribution in [0.25, 0.3) is 0 Å². The Morgan fingerprint density at radius 3 is 2.60 bits per heavy atom. The van der Waals surface area contributed by atoms with E-state index in [1.807, 2.05) is 12.1 Å². The second-order valence-corrected chi connectivity index (χ2v) is 7.77. The number of benzene rings is 1. The van der Waals surface area contributed by atoms with Gasteiger partial charge in [0.15, 0.2) is 0 Å². The summed E-state index contributed by atoms with van der Waals surface area (Å²) in [6.45, 7) is 5.38. The van der Waals surface area contributed by atoms with Gasteiger partial charge in [-0.05, 0) is 55.5 Å². The summed E-state index contributed by atoms with van der Waals surface area (Å²) in [7, 11) is -3.32. The lowest BCUT2D eigenvalue weighted by Gasteiger charge is -2.33. The number of nitrogens with one attached hydrogen (secondary N) is 1. The molecule has 0 radical (unpaired) electrons. The van der Waals surface area contributed by atoms with Gasteiger partial charge < -0.3 is 5.32 Å². The molecule has 1 N–H and O–H groups in total. The van der Waals surface area contributed by atoms with Crippen molar-refractivity contribution in [2.45, 2.75) is 24.7 Å². The van der Waals surface area contributed by atoms with E-state index in [4.69, 9.17) is 0 Å². The number of sulfonamides is 1. The zero-order valence-corrected chi connectivity index (χ0v) is 12.7. The molecule has 0 saturated carbocycles. The summed E-state index contributed by atoms with van der Waals surface area (Å²) in [5.41, 5.74) is 1.17. The monoisotopic (exact) mass is 294 g/mol. The van der Waals surface area contributed by atoms with Crippen molar-refractivity contribution in [1.82, 2.24) is 9.62 Å². The van der Waals surface area contributed by atoms with Crippen LogP contribution in [0.4, 0.5) is 0 Å². The van der Waals surface area contributed by atoms with Crippen molar-refractivity contribution in [2.75, 3.05) is 26.2 Å². The highest BCUT2D eigenvalue weighted by Gasteiger charge is 2.37. The van der Waals surface area contributed by atoms with E-state index in [0.717, 1.165) is 25.9 Å². The third kappa shape index (κ3) is 2.50. The van der Waals surface area contributed by atoms with Gasteiger partial charge in [0.05, 0.1) is 4.90 Å². The van der Waals surface area contributed by atoms with E-state index in [9.17, 15) is 8.42 Å². The third-order valence-electron chi connectivity index (χ3n) is 4.64. The van der Waals surface area contributed by atoms with Crippen LogP contribution in [0.2, 0.25) is 0 Å². The zero-order valence-electron chi connectivity index (χ0n) is 11.9. The average molecular weight is 294 g/mol. The van der Waals surface area contributed by atoms with Gasteiger partial charge in [-0.1, -0.05) is 19.1 Å². The molecule has 2 saturated heterocycles. The molecule has 0 amide bonds. The van der Waals surface area contributed by atoms with E-state index in [0.29, 0.717) is 29.8 Å². The first kappa shape index (κ1) is 14.0. The minimum absolute atomic E-state index is 0.430. The summed E-state index contributed by atoms with van der Waals surface area (Å²) in [5.74, 6) is 1.14. The molecule has 2 heterocycles. The molecule has 0 aromatic heterocycles. The predicted octanol–water partition coefficient (Wildman–Crippen LogP) is 1.48. The van der Waals surface area contributed by atoms with Crippen molar-refractivity contribution < 1.29 is 8.42 Å². The van der Waals surface area contributed by atoms with Gasteiger partial charge in [-0.3, -0.25) is 0 Å². The predicted molar refractivity (Wildman–Crippen MR) is 79.0 cm³/mol. The number of nitrogens with zero attached hydrogens (tertiary/aromatic N) is 1. The third-order valence-corrected chi connectivity index (χ3v) is 6.52. The van der Waals surface area contributed by atoms with E-state index < -0.39 is 10.0 Å². The Bertz CT molecular complexity index is 568. The summed E-state index contributed by atoms with van der Waals surface area (Å²) >= 11 is 0. The molecular formula is C15H22N2O2S. The van der Waals surface area contributed by atoms with Crippen molar-refractivity contribution in [1.29, 1.82) is 0 Å². The molecule has 2 aliphatic rings. The summed E-state index contributed by atoms with van der Waals surface area (Å²) in [6, 6.07) is 7.31. The van der Waals surface area contributed by atoms with Crippen molar-refractivity contribution in [3.8, 4) is 0 Å². The quantitative estimate of drug-likeness (QED) is 0.918. The molecule has 20 heavy (non-hydrogen) atoms. The van der Waals surface area contributed by atoms with Gasteiger partial charge in [0.2, 0.25) is 10.0 Å². The van der Waals surface area contributed by atoms with Gasteiger partial charge in [-0.15, -0.1) is 0 Å². The molecule has 0 bridgehead atoms. The van der Waals surface area contributed by atoms with E-state index in [-0.39, 0.29) is 0 Å². The van der Waals surface area contributed by atoms with Crippen LogP contribution in [0.15, 0.2) is 29.2 Å². The highest BCUT2D eigenvalue weighted by Crippen LogP contribution is 2.30. The Morgan fingerprint density at radius 2 is 1.90 bits per heavy atom. The first-order chi connectivity index (χ1) is 9.61. The maximum atomic E-state index is 12.7. The van der Waals surface area contributed by atoms with E-state index in [1.54, 1.807) is 16.4 Å². The number of piperidine rings is 1. The molecule has 5 heteroatoms. The lowest BCUT2D eigenvalue weighted by Crippen LogP contribution is -2.43. The van der Waals surface area contributed by atoms with Crippen LogP contribution in [0.5, 0.6) is 0 Å². The lowest BCUT2D eigenvalue weighted by molar-refractivity contribution is 0.228. The molecular weight excluding hydrogens is 272 g/mol. The molecule has 3 rings (SSSR count). The minimum Gasteiger partial charge on any atom is -0.316 e. The Balaban J connectivity index is 1.80. The summed E-state index contributed by atoms with van der Waals surface area (Å²) in [6.07, 6.45) is 1.91. The second kappa shape index (κ2) is 5.47. The molecule has 1 aromatic rings. The average Bonchev–Trinajstić information content (AvgIpc) is 2.94. The SMILES string of the molecule is CCc1ccc(S(=O)(=O)N2CCC3CNCC3C2)cc1. The Kier molecular flexibility index (Phi) is 3.84. The maximum Gasteiger partial charge on any atom is 0.243 e. The first-order valence-corrected chi connectivity index (χ1v) is 8.85.